The van der Waals surface area contributed by atoms with Gasteiger partial charge in [-0.3, -0.25) is 9.69 Å². The van der Waals surface area contributed by atoms with E-state index >= 15 is 0 Å². The second-order valence-corrected chi connectivity index (χ2v) is 5.66. The van der Waals surface area contributed by atoms with Crippen molar-refractivity contribution in [1.82, 2.24) is 10.6 Å². The van der Waals surface area contributed by atoms with Crippen molar-refractivity contribution in [3.63, 3.8) is 0 Å². The lowest BCUT2D eigenvalue weighted by Crippen LogP contribution is -2.43. The molecule has 2 aliphatic rings. The van der Waals surface area contributed by atoms with Gasteiger partial charge in [0.25, 0.3) is 0 Å². The van der Waals surface area contributed by atoms with E-state index in [4.69, 9.17) is 4.74 Å². The van der Waals surface area contributed by atoms with E-state index in [1.807, 2.05) is 24.3 Å². The van der Waals surface area contributed by atoms with Crippen LogP contribution in [0.25, 0.3) is 0 Å². The highest BCUT2D eigenvalue weighted by molar-refractivity contribution is 5.91. The van der Waals surface area contributed by atoms with E-state index in [1.165, 1.54) is 0 Å². The van der Waals surface area contributed by atoms with E-state index in [-0.39, 0.29) is 5.91 Å². The van der Waals surface area contributed by atoms with Gasteiger partial charge in [0.05, 0.1) is 6.54 Å². The average Bonchev–Trinajstić information content (AvgIpc) is 2.96. The number of rotatable bonds is 4. The van der Waals surface area contributed by atoms with Crippen molar-refractivity contribution in [3.05, 3.63) is 24.3 Å². The van der Waals surface area contributed by atoms with Gasteiger partial charge >= 0.3 is 6.09 Å². The lowest BCUT2D eigenvalue weighted by molar-refractivity contribution is -0.123. The second-order valence-electron chi connectivity index (χ2n) is 5.66. The standard InChI is InChI=1S/C16H22N4O3/c1-2-14(21)18-15-11-20(16(22)23-15)13-5-3-4-12(10-13)19-8-6-17-7-9-19/h3-5,10,15,17H,2,6-9,11H2,1H3,(H,18,21). The Morgan fingerprint density at radius 3 is 2.83 bits per heavy atom. The first-order chi connectivity index (χ1) is 11.2. The third-order valence-corrected chi connectivity index (χ3v) is 4.08. The maximum Gasteiger partial charge on any atom is 0.416 e. The number of amides is 2. The third kappa shape index (κ3) is 3.56. The van der Waals surface area contributed by atoms with Crippen LogP contribution < -0.4 is 20.4 Å². The minimum Gasteiger partial charge on any atom is -0.423 e. The summed E-state index contributed by atoms with van der Waals surface area (Å²) in [6.45, 7) is 5.91. The molecule has 2 heterocycles. The van der Waals surface area contributed by atoms with Crippen molar-refractivity contribution in [3.8, 4) is 0 Å². The van der Waals surface area contributed by atoms with Gasteiger partial charge in [-0.15, -0.1) is 0 Å². The van der Waals surface area contributed by atoms with E-state index < -0.39 is 12.3 Å². The molecule has 1 unspecified atom stereocenters. The van der Waals surface area contributed by atoms with Gasteiger partial charge in [-0.1, -0.05) is 13.0 Å². The summed E-state index contributed by atoms with van der Waals surface area (Å²) < 4.78 is 5.22. The smallest absolute Gasteiger partial charge is 0.416 e. The van der Waals surface area contributed by atoms with Crippen LogP contribution in [0.2, 0.25) is 0 Å². The zero-order chi connectivity index (χ0) is 16.2. The average molecular weight is 318 g/mol. The van der Waals surface area contributed by atoms with E-state index in [0.29, 0.717) is 13.0 Å². The predicted molar refractivity (Wildman–Crippen MR) is 87.6 cm³/mol. The highest BCUT2D eigenvalue weighted by Crippen LogP contribution is 2.26. The summed E-state index contributed by atoms with van der Waals surface area (Å²) in [5.74, 6) is -0.126. The zero-order valence-electron chi connectivity index (χ0n) is 13.2. The van der Waals surface area contributed by atoms with Crippen molar-refractivity contribution in [1.29, 1.82) is 0 Å². The molecule has 0 spiro atoms. The fourth-order valence-corrected chi connectivity index (χ4v) is 2.81. The molecule has 7 nitrogen and oxygen atoms in total. The SMILES string of the molecule is CCC(=O)NC1CN(c2cccc(N3CCNCC3)c2)C(=O)O1. The summed E-state index contributed by atoms with van der Waals surface area (Å²) in [5.41, 5.74) is 1.89. The maximum atomic E-state index is 12.1. The molecule has 2 saturated heterocycles. The number of hydrogen-bond acceptors (Lipinski definition) is 5. The van der Waals surface area contributed by atoms with Crippen molar-refractivity contribution in [2.45, 2.75) is 19.6 Å². The minimum atomic E-state index is -0.585. The Bertz CT molecular complexity index is 586. The summed E-state index contributed by atoms with van der Waals surface area (Å²) in [4.78, 5) is 27.4. The number of piperazine rings is 1. The summed E-state index contributed by atoms with van der Waals surface area (Å²) in [6, 6.07) is 7.87. The largest absolute Gasteiger partial charge is 0.423 e. The van der Waals surface area contributed by atoms with Gasteiger partial charge in [0.15, 0.2) is 6.23 Å². The highest BCUT2D eigenvalue weighted by Gasteiger charge is 2.33. The van der Waals surface area contributed by atoms with Gasteiger partial charge < -0.3 is 20.3 Å². The van der Waals surface area contributed by atoms with E-state index in [9.17, 15) is 9.59 Å². The topological polar surface area (TPSA) is 73.9 Å². The van der Waals surface area contributed by atoms with Crippen LogP contribution in [0.15, 0.2) is 24.3 Å². The first-order valence-electron chi connectivity index (χ1n) is 8.00. The number of cyclic esters (lactones) is 1. The molecule has 0 bridgehead atoms. The Morgan fingerprint density at radius 2 is 2.09 bits per heavy atom. The third-order valence-electron chi connectivity index (χ3n) is 4.08. The van der Waals surface area contributed by atoms with Crippen LogP contribution in [0.5, 0.6) is 0 Å². The molecule has 124 valence electrons. The Hall–Kier alpha value is -2.28. The van der Waals surface area contributed by atoms with Gasteiger partial charge in [0, 0.05) is 44.0 Å². The quantitative estimate of drug-likeness (QED) is 0.863. The fourth-order valence-electron chi connectivity index (χ4n) is 2.81. The molecular weight excluding hydrogens is 296 g/mol. The number of nitrogens with zero attached hydrogens (tertiary/aromatic N) is 2. The molecule has 2 aliphatic heterocycles. The Labute approximate surface area is 135 Å². The van der Waals surface area contributed by atoms with Crippen molar-refractivity contribution in [2.24, 2.45) is 0 Å². The van der Waals surface area contributed by atoms with Gasteiger partial charge in [-0.05, 0) is 18.2 Å². The molecule has 2 fully saturated rings. The first kappa shape index (κ1) is 15.6. The number of carbonyl (C=O) groups excluding carboxylic acids is 2. The highest BCUT2D eigenvalue weighted by atomic mass is 16.6. The van der Waals surface area contributed by atoms with Crippen molar-refractivity contribution >= 4 is 23.4 Å². The van der Waals surface area contributed by atoms with Gasteiger partial charge in [-0.25, -0.2) is 4.79 Å². The normalized spacial score (nSPS) is 21.3. The Kier molecular flexibility index (Phi) is 4.66. The molecule has 0 aromatic heterocycles. The molecule has 7 heteroatoms. The van der Waals surface area contributed by atoms with Crippen LogP contribution >= 0.6 is 0 Å². The summed E-state index contributed by atoms with van der Waals surface area (Å²) >= 11 is 0. The second kappa shape index (κ2) is 6.87. The van der Waals surface area contributed by atoms with Gasteiger partial charge in [-0.2, -0.15) is 0 Å². The molecule has 2 N–H and O–H groups in total. The van der Waals surface area contributed by atoms with Crippen LogP contribution in [-0.4, -0.2) is 51.0 Å². The minimum absolute atomic E-state index is 0.126. The molecule has 1 aromatic rings. The molecule has 3 rings (SSSR count). The van der Waals surface area contributed by atoms with Crippen LogP contribution in [0.1, 0.15) is 13.3 Å². The lowest BCUT2D eigenvalue weighted by Gasteiger charge is -2.30. The molecule has 23 heavy (non-hydrogen) atoms. The molecule has 0 aliphatic carbocycles. The monoisotopic (exact) mass is 318 g/mol. The maximum absolute atomic E-state index is 12.1. The number of ether oxygens (including phenoxy) is 1. The van der Waals surface area contributed by atoms with E-state index in [0.717, 1.165) is 37.6 Å². The van der Waals surface area contributed by atoms with Gasteiger partial charge in [0.2, 0.25) is 5.91 Å². The number of hydrogen-bond donors (Lipinski definition) is 2. The summed E-state index contributed by atoms with van der Waals surface area (Å²) in [5, 5.41) is 6.02. The fraction of sp³-hybridized carbons (Fsp3) is 0.500. The van der Waals surface area contributed by atoms with E-state index in [2.05, 4.69) is 15.5 Å². The summed E-state index contributed by atoms with van der Waals surface area (Å²) in [7, 11) is 0. The molecule has 0 radical (unpaired) electrons. The predicted octanol–water partition coefficient (Wildman–Crippen LogP) is 0.905. The lowest BCUT2D eigenvalue weighted by atomic mass is 10.2. The molecule has 0 saturated carbocycles. The summed E-state index contributed by atoms with van der Waals surface area (Å²) in [6.07, 6.45) is -0.645. The van der Waals surface area contributed by atoms with Crippen LogP contribution in [0.3, 0.4) is 0 Å². The molecule has 2 amide bonds. The molecule has 1 aromatic carbocycles. The van der Waals surface area contributed by atoms with E-state index in [1.54, 1.807) is 11.8 Å². The number of anilines is 2. The number of carbonyl (C=O) groups is 2. The first-order valence-corrected chi connectivity index (χ1v) is 8.00. The Balaban J connectivity index is 1.71. The zero-order valence-corrected chi connectivity index (χ0v) is 13.2. The van der Waals surface area contributed by atoms with Crippen molar-refractivity contribution < 1.29 is 14.3 Å². The van der Waals surface area contributed by atoms with Gasteiger partial charge in [0.1, 0.15) is 0 Å². The molecular formula is C16H22N4O3. The number of benzene rings is 1. The van der Waals surface area contributed by atoms with Crippen molar-refractivity contribution in [2.75, 3.05) is 42.5 Å². The van der Waals surface area contributed by atoms with Crippen LogP contribution in [-0.2, 0) is 9.53 Å². The molecule has 1 atom stereocenters. The van der Waals surface area contributed by atoms with Crippen LogP contribution in [0.4, 0.5) is 16.2 Å². The Morgan fingerprint density at radius 1 is 1.35 bits per heavy atom. The van der Waals surface area contributed by atoms with Crippen LogP contribution in [0, 0.1) is 0 Å². The number of nitrogens with one attached hydrogen (secondary N) is 2.